The SMILES string of the molecule is CNc1c(F)cccc1C(=O)NC(C)Cc1cccs1. The molecule has 106 valence electrons. The number of hydrogen-bond acceptors (Lipinski definition) is 3. The number of carbonyl (C=O) groups is 1. The van der Waals surface area contributed by atoms with Crippen molar-refractivity contribution in [3.8, 4) is 0 Å². The molecule has 1 unspecified atom stereocenters. The van der Waals surface area contributed by atoms with Crippen molar-refractivity contribution in [2.45, 2.75) is 19.4 Å². The van der Waals surface area contributed by atoms with Gasteiger partial charge in [-0.25, -0.2) is 4.39 Å². The number of nitrogens with one attached hydrogen (secondary N) is 2. The van der Waals surface area contributed by atoms with E-state index in [1.807, 2.05) is 24.4 Å². The third-order valence-corrected chi connectivity index (χ3v) is 3.87. The lowest BCUT2D eigenvalue weighted by atomic mass is 10.1. The molecule has 2 N–H and O–H groups in total. The highest BCUT2D eigenvalue weighted by molar-refractivity contribution is 7.09. The van der Waals surface area contributed by atoms with Gasteiger partial charge in [-0.3, -0.25) is 4.79 Å². The zero-order valence-electron chi connectivity index (χ0n) is 11.4. The van der Waals surface area contributed by atoms with Gasteiger partial charge in [-0.2, -0.15) is 0 Å². The molecular formula is C15H17FN2OS. The molecule has 0 aliphatic carbocycles. The van der Waals surface area contributed by atoms with Gasteiger partial charge in [-0.1, -0.05) is 12.1 Å². The fourth-order valence-corrected chi connectivity index (χ4v) is 2.89. The predicted molar refractivity (Wildman–Crippen MR) is 80.9 cm³/mol. The molecule has 1 aromatic heterocycles. The summed E-state index contributed by atoms with van der Waals surface area (Å²) < 4.78 is 13.6. The molecule has 2 aromatic rings. The largest absolute Gasteiger partial charge is 0.385 e. The third kappa shape index (κ3) is 3.36. The van der Waals surface area contributed by atoms with Gasteiger partial charge in [0.2, 0.25) is 0 Å². The first-order chi connectivity index (χ1) is 9.61. The van der Waals surface area contributed by atoms with Crippen molar-refractivity contribution in [2.24, 2.45) is 0 Å². The van der Waals surface area contributed by atoms with Crippen molar-refractivity contribution in [1.82, 2.24) is 5.32 Å². The van der Waals surface area contributed by atoms with Gasteiger partial charge in [0.15, 0.2) is 0 Å². The minimum Gasteiger partial charge on any atom is -0.385 e. The van der Waals surface area contributed by atoms with Crippen molar-refractivity contribution in [3.63, 3.8) is 0 Å². The van der Waals surface area contributed by atoms with Crippen LogP contribution in [0.5, 0.6) is 0 Å². The van der Waals surface area contributed by atoms with Crippen LogP contribution >= 0.6 is 11.3 Å². The summed E-state index contributed by atoms with van der Waals surface area (Å²) in [6, 6.07) is 8.50. The lowest BCUT2D eigenvalue weighted by Crippen LogP contribution is -2.34. The van der Waals surface area contributed by atoms with Crippen LogP contribution < -0.4 is 10.6 Å². The normalized spacial score (nSPS) is 11.9. The Morgan fingerprint density at radius 3 is 2.80 bits per heavy atom. The van der Waals surface area contributed by atoms with Crippen molar-refractivity contribution >= 4 is 22.9 Å². The molecule has 1 amide bonds. The maximum absolute atomic E-state index is 13.6. The highest BCUT2D eigenvalue weighted by Crippen LogP contribution is 2.19. The number of anilines is 1. The smallest absolute Gasteiger partial charge is 0.253 e. The molecule has 1 atom stereocenters. The molecule has 1 heterocycles. The molecule has 0 saturated heterocycles. The van der Waals surface area contributed by atoms with Gasteiger partial charge in [0.1, 0.15) is 5.82 Å². The van der Waals surface area contributed by atoms with E-state index in [1.54, 1.807) is 24.5 Å². The van der Waals surface area contributed by atoms with E-state index in [0.717, 1.165) is 6.42 Å². The molecular weight excluding hydrogens is 275 g/mol. The number of para-hydroxylation sites is 1. The van der Waals surface area contributed by atoms with Gasteiger partial charge in [0.05, 0.1) is 11.3 Å². The van der Waals surface area contributed by atoms with Gasteiger partial charge < -0.3 is 10.6 Å². The second-order valence-electron chi connectivity index (χ2n) is 4.57. The Balaban J connectivity index is 2.06. The molecule has 0 aliphatic rings. The monoisotopic (exact) mass is 292 g/mol. The summed E-state index contributed by atoms with van der Waals surface area (Å²) in [5, 5.41) is 7.64. The van der Waals surface area contributed by atoms with Crippen LogP contribution in [-0.4, -0.2) is 19.0 Å². The quantitative estimate of drug-likeness (QED) is 0.888. The fourth-order valence-electron chi connectivity index (χ4n) is 2.05. The summed E-state index contributed by atoms with van der Waals surface area (Å²) in [4.78, 5) is 13.4. The zero-order chi connectivity index (χ0) is 14.5. The maximum atomic E-state index is 13.6. The summed E-state index contributed by atoms with van der Waals surface area (Å²) in [5.41, 5.74) is 0.554. The van der Waals surface area contributed by atoms with Crippen molar-refractivity contribution < 1.29 is 9.18 Å². The maximum Gasteiger partial charge on any atom is 0.253 e. The molecule has 0 radical (unpaired) electrons. The summed E-state index contributed by atoms with van der Waals surface area (Å²) in [5.74, 6) is -0.691. The molecule has 1 aromatic carbocycles. The molecule has 5 heteroatoms. The molecule has 20 heavy (non-hydrogen) atoms. The second kappa shape index (κ2) is 6.52. The third-order valence-electron chi connectivity index (χ3n) is 2.97. The molecule has 2 rings (SSSR count). The number of amides is 1. The van der Waals surface area contributed by atoms with E-state index in [1.165, 1.54) is 17.0 Å². The highest BCUT2D eigenvalue weighted by atomic mass is 32.1. The van der Waals surface area contributed by atoms with E-state index in [9.17, 15) is 9.18 Å². The average Bonchev–Trinajstić information content (AvgIpc) is 2.90. The zero-order valence-corrected chi connectivity index (χ0v) is 12.3. The number of hydrogen-bond donors (Lipinski definition) is 2. The number of carbonyl (C=O) groups excluding carboxylic acids is 1. The molecule has 0 bridgehead atoms. The minimum atomic E-state index is -0.425. The Bertz CT molecular complexity index is 584. The van der Waals surface area contributed by atoms with Crippen LogP contribution in [0, 0.1) is 5.82 Å². The van der Waals surface area contributed by atoms with Crippen LogP contribution in [0.15, 0.2) is 35.7 Å². The molecule has 0 fully saturated rings. The fraction of sp³-hybridized carbons (Fsp3) is 0.267. The van der Waals surface area contributed by atoms with Crippen LogP contribution in [0.4, 0.5) is 10.1 Å². The van der Waals surface area contributed by atoms with Gasteiger partial charge >= 0.3 is 0 Å². The summed E-state index contributed by atoms with van der Waals surface area (Å²) in [6.07, 6.45) is 0.771. The average molecular weight is 292 g/mol. The lowest BCUT2D eigenvalue weighted by Gasteiger charge is -2.15. The van der Waals surface area contributed by atoms with Gasteiger partial charge in [0.25, 0.3) is 5.91 Å². The van der Waals surface area contributed by atoms with Crippen molar-refractivity contribution in [3.05, 3.63) is 52.0 Å². The molecule has 0 spiro atoms. The first kappa shape index (κ1) is 14.5. The molecule has 0 saturated carbocycles. The van der Waals surface area contributed by atoms with E-state index >= 15 is 0 Å². The minimum absolute atomic E-state index is 0.00544. The number of halogens is 1. The van der Waals surface area contributed by atoms with E-state index in [0.29, 0.717) is 5.56 Å². The van der Waals surface area contributed by atoms with Crippen LogP contribution in [-0.2, 0) is 6.42 Å². The van der Waals surface area contributed by atoms with Crippen LogP contribution in [0.2, 0.25) is 0 Å². The predicted octanol–water partition coefficient (Wildman–Crippen LogP) is 3.29. The number of thiophene rings is 1. The standard InChI is InChI=1S/C15H17FN2OS/c1-10(9-11-5-4-8-20-11)18-15(19)12-6-3-7-13(16)14(12)17-2/h3-8,10,17H,9H2,1-2H3,(H,18,19). The second-order valence-corrected chi connectivity index (χ2v) is 5.60. The topological polar surface area (TPSA) is 41.1 Å². The number of benzene rings is 1. The Kier molecular flexibility index (Phi) is 4.74. The lowest BCUT2D eigenvalue weighted by molar-refractivity contribution is 0.0940. The number of rotatable bonds is 5. The Morgan fingerprint density at radius 1 is 1.35 bits per heavy atom. The summed E-state index contributed by atoms with van der Waals surface area (Å²) in [6.45, 7) is 1.94. The van der Waals surface area contributed by atoms with E-state index in [-0.39, 0.29) is 17.6 Å². The first-order valence-corrected chi connectivity index (χ1v) is 7.29. The van der Waals surface area contributed by atoms with E-state index in [4.69, 9.17) is 0 Å². The Labute approximate surface area is 121 Å². The van der Waals surface area contributed by atoms with E-state index in [2.05, 4.69) is 10.6 Å². The van der Waals surface area contributed by atoms with Crippen LogP contribution in [0.25, 0.3) is 0 Å². The summed E-state index contributed by atoms with van der Waals surface area (Å²) >= 11 is 1.66. The van der Waals surface area contributed by atoms with Gasteiger partial charge in [-0.15, -0.1) is 11.3 Å². The van der Waals surface area contributed by atoms with Gasteiger partial charge in [-0.05, 0) is 30.5 Å². The Hall–Kier alpha value is -1.88. The van der Waals surface area contributed by atoms with Crippen LogP contribution in [0.1, 0.15) is 22.2 Å². The van der Waals surface area contributed by atoms with E-state index < -0.39 is 5.82 Å². The molecule has 0 aliphatic heterocycles. The Morgan fingerprint density at radius 2 is 2.15 bits per heavy atom. The summed E-state index contributed by atoms with van der Waals surface area (Å²) in [7, 11) is 1.60. The van der Waals surface area contributed by atoms with Crippen molar-refractivity contribution in [1.29, 1.82) is 0 Å². The highest BCUT2D eigenvalue weighted by Gasteiger charge is 2.16. The van der Waals surface area contributed by atoms with Crippen molar-refractivity contribution in [2.75, 3.05) is 12.4 Å². The first-order valence-electron chi connectivity index (χ1n) is 6.41. The van der Waals surface area contributed by atoms with Gasteiger partial charge in [0, 0.05) is 24.4 Å². The molecule has 3 nitrogen and oxygen atoms in total. The van der Waals surface area contributed by atoms with Crippen LogP contribution in [0.3, 0.4) is 0 Å².